The van der Waals surface area contributed by atoms with Gasteiger partial charge in [0.05, 0.1) is 0 Å². The van der Waals surface area contributed by atoms with Crippen molar-refractivity contribution >= 4 is 11.6 Å². The maximum atomic E-state index is 11.1. The summed E-state index contributed by atoms with van der Waals surface area (Å²) in [5.41, 5.74) is -0.0785. The fourth-order valence-electron chi connectivity index (χ4n) is 0.904. The molecule has 1 N–H and O–H groups in total. The fraction of sp³-hybridized carbons (Fsp3) is 0. The smallest absolute Gasteiger partial charge is 0.224 e. The van der Waals surface area contributed by atoms with Crippen LogP contribution in [0.2, 0.25) is 0 Å². The third kappa shape index (κ3) is 1.50. The molecule has 0 saturated carbocycles. The molecular formula is C10H8O4. The molecule has 0 radical (unpaired) electrons. The van der Waals surface area contributed by atoms with Crippen molar-refractivity contribution in [3.8, 4) is 5.75 Å². The standard InChI is InChI=1S/C10H8O4/c1-3-7(11)6-5-14-10(9(6)13)8(12)4-2/h3-5,13H,1-2H2. The number of aromatic hydroxyl groups is 1. The average molecular weight is 192 g/mol. The summed E-state index contributed by atoms with van der Waals surface area (Å²) in [7, 11) is 0. The first-order valence-corrected chi connectivity index (χ1v) is 3.75. The zero-order valence-electron chi connectivity index (χ0n) is 7.32. The minimum absolute atomic E-state index is 0.0785. The van der Waals surface area contributed by atoms with Crippen LogP contribution >= 0.6 is 0 Å². The molecule has 0 unspecified atom stereocenters. The Morgan fingerprint density at radius 2 is 1.86 bits per heavy atom. The van der Waals surface area contributed by atoms with Crippen LogP contribution in [0.15, 0.2) is 36.0 Å². The summed E-state index contributed by atoms with van der Waals surface area (Å²) in [4.78, 5) is 22.1. The van der Waals surface area contributed by atoms with Crippen molar-refractivity contribution in [3.05, 3.63) is 42.9 Å². The monoisotopic (exact) mass is 192 g/mol. The fourth-order valence-corrected chi connectivity index (χ4v) is 0.904. The second kappa shape index (κ2) is 3.74. The van der Waals surface area contributed by atoms with Gasteiger partial charge in [-0.15, -0.1) is 0 Å². The van der Waals surface area contributed by atoms with Gasteiger partial charge in [-0.3, -0.25) is 9.59 Å². The molecule has 14 heavy (non-hydrogen) atoms. The summed E-state index contributed by atoms with van der Waals surface area (Å²) in [5, 5.41) is 9.40. The SMILES string of the molecule is C=CC(=O)c1coc(C(=O)C=C)c1O. The minimum atomic E-state index is -0.578. The molecule has 0 aliphatic carbocycles. The Morgan fingerprint density at radius 3 is 2.36 bits per heavy atom. The average Bonchev–Trinajstić information content (AvgIpc) is 2.58. The van der Waals surface area contributed by atoms with Crippen LogP contribution in [0.3, 0.4) is 0 Å². The van der Waals surface area contributed by atoms with Crippen molar-refractivity contribution in [1.29, 1.82) is 0 Å². The lowest BCUT2D eigenvalue weighted by molar-refractivity contribution is 0.101. The molecule has 1 aromatic heterocycles. The summed E-state index contributed by atoms with van der Waals surface area (Å²) in [6, 6.07) is 0. The summed E-state index contributed by atoms with van der Waals surface area (Å²) < 4.78 is 4.73. The van der Waals surface area contributed by atoms with E-state index in [1.165, 1.54) is 0 Å². The van der Waals surface area contributed by atoms with E-state index in [9.17, 15) is 14.7 Å². The van der Waals surface area contributed by atoms with Crippen molar-refractivity contribution < 1.29 is 19.1 Å². The van der Waals surface area contributed by atoms with Crippen LogP contribution in [-0.2, 0) is 0 Å². The van der Waals surface area contributed by atoms with Crippen molar-refractivity contribution in [3.63, 3.8) is 0 Å². The van der Waals surface area contributed by atoms with E-state index in [2.05, 4.69) is 13.2 Å². The maximum Gasteiger partial charge on any atom is 0.224 e. The second-order valence-corrected chi connectivity index (χ2v) is 2.46. The molecule has 0 saturated heterocycles. The van der Waals surface area contributed by atoms with Crippen molar-refractivity contribution in [2.24, 2.45) is 0 Å². The molecule has 0 atom stereocenters. The predicted molar refractivity (Wildman–Crippen MR) is 49.4 cm³/mol. The number of ketones is 2. The van der Waals surface area contributed by atoms with E-state index < -0.39 is 17.3 Å². The Bertz CT molecular complexity index is 374. The van der Waals surface area contributed by atoms with E-state index in [0.29, 0.717) is 0 Å². The van der Waals surface area contributed by atoms with Crippen LogP contribution in [0.5, 0.6) is 5.75 Å². The van der Waals surface area contributed by atoms with Gasteiger partial charge in [0.2, 0.25) is 11.5 Å². The van der Waals surface area contributed by atoms with Gasteiger partial charge in [0.15, 0.2) is 11.5 Å². The molecule has 0 fully saturated rings. The Morgan fingerprint density at radius 1 is 1.29 bits per heavy atom. The Labute approximate surface area is 80.2 Å². The lowest BCUT2D eigenvalue weighted by atomic mass is 10.1. The number of hydrogen-bond acceptors (Lipinski definition) is 4. The van der Waals surface area contributed by atoms with E-state index in [-0.39, 0.29) is 11.3 Å². The first kappa shape index (κ1) is 9.98. The molecular weight excluding hydrogens is 184 g/mol. The van der Waals surface area contributed by atoms with Crippen molar-refractivity contribution in [2.75, 3.05) is 0 Å². The van der Waals surface area contributed by atoms with Crippen LogP contribution in [0.25, 0.3) is 0 Å². The van der Waals surface area contributed by atoms with E-state index in [0.717, 1.165) is 18.4 Å². The van der Waals surface area contributed by atoms with Gasteiger partial charge in [0, 0.05) is 0 Å². The van der Waals surface area contributed by atoms with Crippen molar-refractivity contribution in [2.45, 2.75) is 0 Å². The van der Waals surface area contributed by atoms with Gasteiger partial charge in [-0.2, -0.15) is 0 Å². The lowest BCUT2D eigenvalue weighted by Crippen LogP contribution is -1.94. The molecule has 0 aliphatic heterocycles. The minimum Gasteiger partial charge on any atom is -0.504 e. The van der Waals surface area contributed by atoms with Gasteiger partial charge in [-0.1, -0.05) is 13.2 Å². The van der Waals surface area contributed by atoms with Crippen molar-refractivity contribution in [1.82, 2.24) is 0 Å². The van der Waals surface area contributed by atoms with E-state index >= 15 is 0 Å². The normalized spacial score (nSPS) is 9.43. The van der Waals surface area contributed by atoms with Gasteiger partial charge in [0.25, 0.3) is 0 Å². The van der Waals surface area contributed by atoms with Gasteiger partial charge in [0.1, 0.15) is 11.8 Å². The summed E-state index contributed by atoms with van der Waals surface area (Å²) in [6.45, 7) is 6.47. The van der Waals surface area contributed by atoms with Gasteiger partial charge in [-0.25, -0.2) is 0 Å². The maximum absolute atomic E-state index is 11.1. The molecule has 0 aromatic carbocycles. The zero-order chi connectivity index (χ0) is 10.7. The highest BCUT2D eigenvalue weighted by Crippen LogP contribution is 2.25. The number of carbonyl (C=O) groups excluding carboxylic acids is 2. The summed E-state index contributed by atoms with van der Waals surface area (Å²) in [6.07, 6.45) is 3.02. The molecule has 0 spiro atoms. The third-order valence-electron chi connectivity index (χ3n) is 1.62. The first-order valence-electron chi connectivity index (χ1n) is 3.75. The highest BCUT2D eigenvalue weighted by atomic mass is 16.4. The van der Waals surface area contributed by atoms with E-state index in [1.54, 1.807) is 0 Å². The Kier molecular flexibility index (Phi) is 2.67. The van der Waals surface area contributed by atoms with Gasteiger partial charge in [-0.05, 0) is 12.2 Å². The second-order valence-electron chi connectivity index (χ2n) is 2.46. The summed E-state index contributed by atoms with van der Waals surface area (Å²) >= 11 is 0. The molecule has 0 aliphatic rings. The molecule has 4 nitrogen and oxygen atoms in total. The van der Waals surface area contributed by atoms with Gasteiger partial charge >= 0.3 is 0 Å². The van der Waals surface area contributed by atoms with Crippen LogP contribution in [-0.4, -0.2) is 16.7 Å². The molecule has 4 heteroatoms. The number of furan rings is 1. The predicted octanol–water partition coefficient (Wildman–Crippen LogP) is 1.72. The number of allylic oxidation sites excluding steroid dienone is 2. The van der Waals surface area contributed by atoms with Crippen LogP contribution < -0.4 is 0 Å². The number of hydrogen-bond donors (Lipinski definition) is 1. The zero-order valence-corrected chi connectivity index (χ0v) is 7.32. The van der Waals surface area contributed by atoms with Crippen LogP contribution in [0.4, 0.5) is 0 Å². The Balaban J connectivity index is 3.20. The van der Waals surface area contributed by atoms with E-state index in [4.69, 9.17) is 4.42 Å². The molecule has 0 amide bonds. The molecule has 1 heterocycles. The lowest BCUT2D eigenvalue weighted by Gasteiger charge is -1.91. The largest absolute Gasteiger partial charge is 0.504 e. The van der Waals surface area contributed by atoms with Gasteiger partial charge < -0.3 is 9.52 Å². The molecule has 1 aromatic rings. The number of carbonyl (C=O) groups is 2. The first-order chi connectivity index (χ1) is 6.61. The van der Waals surface area contributed by atoms with Crippen LogP contribution in [0, 0.1) is 0 Å². The third-order valence-corrected chi connectivity index (χ3v) is 1.62. The summed E-state index contributed by atoms with van der Waals surface area (Å²) in [5.74, 6) is -1.84. The molecule has 1 rings (SSSR count). The molecule has 0 bridgehead atoms. The number of rotatable bonds is 4. The van der Waals surface area contributed by atoms with Crippen LogP contribution in [0.1, 0.15) is 20.9 Å². The topological polar surface area (TPSA) is 67.5 Å². The Hall–Kier alpha value is -2.10. The highest BCUT2D eigenvalue weighted by Gasteiger charge is 2.20. The quantitative estimate of drug-likeness (QED) is 0.582. The highest BCUT2D eigenvalue weighted by molar-refractivity contribution is 6.10. The molecule has 72 valence electrons. The van der Waals surface area contributed by atoms with E-state index in [1.807, 2.05) is 0 Å².